The number of thioether (sulfide) groups is 1. The normalized spacial score (nSPS) is 17.8. The predicted molar refractivity (Wildman–Crippen MR) is 125 cm³/mol. The lowest BCUT2D eigenvalue weighted by Crippen LogP contribution is -2.46. The average molecular weight is 459 g/mol. The number of aromatic nitrogens is 1. The highest BCUT2D eigenvalue weighted by atomic mass is 32.2. The smallest absolute Gasteiger partial charge is 0.270 e. The van der Waals surface area contributed by atoms with Crippen molar-refractivity contribution < 1.29 is 14.1 Å². The van der Waals surface area contributed by atoms with Gasteiger partial charge in [0.1, 0.15) is 12.2 Å². The SMILES string of the molecule is CNC(=S)OC[N+]1(Cc2ccccn2)C=NC(C(C)C)=C1Sc1cccc([N+](=O)[O-])c1. The number of nitrogens with one attached hydrogen (secondary N) is 1. The summed E-state index contributed by atoms with van der Waals surface area (Å²) in [5.74, 6) is 0.150. The van der Waals surface area contributed by atoms with Crippen LogP contribution in [0, 0.1) is 16.0 Å². The van der Waals surface area contributed by atoms with Gasteiger partial charge in [0.2, 0.25) is 11.8 Å². The second-order valence-corrected chi connectivity index (χ2v) is 8.70. The van der Waals surface area contributed by atoms with Crippen LogP contribution in [0.1, 0.15) is 19.5 Å². The number of rotatable bonds is 8. The number of nitro benzene ring substituents is 1. The fourth-order valence-corrected chi connectivity index (χ4v) is 4.44. The number of non-ortho nitro benzene ring substituents is 1. The van der Waals surface area contributed by atoms with Crippen LogP contribution in [0.5, 0.6) is 0 Å². The summed E-state index contributed by atoms with van der Waals surface area (Å²) in [4.78, 5) is 20.8. The van der Waals surface area contributed by atoms with E-state index in [0.29, 0.717) is 6.54 Å². The third-order valence-corrected chi connectivity index (χ3v) is 6.21. The van der Waals surface area contributed by atoms with Crippen molar-refractivity contribution >= 4 is 41.2 Å². The van der Waals surface area contributed by atoms with Crippen LogP contribution in [0.15, 0.2) is 69.3 Å². The maximum atomic E-state index is 11.2. The molecule has 162 valence electrons. The van der Waals surface area contributed by atoms with Crippen molar-refractivity contribution in [1.82, 2.24) is 10.3 Å². The van der Waals surface area contributed by atoms with Gasteiger partial charge in [0.15, 0.2) is 6.34 Å². The van der Waals surface area contributed by atoms with E-state index in [1.165, 1.54) is 17.8 Å². The number of ether oxygens (including phenoxy) is 1. The minimum absolute atomic E-state index is 0.0473. The van der Waals surface area contributed by atoms with Crippen molar-refractivity contribution in [1.29, 1.82) is 0 Å². The third kappa shape index (κ3) is 5.46. The van der Waals surface area contributed by atoms with Crippen molar-refractivity contribution in [3.8, 4) is 0 Å². The molecule has 0 fully saturated rings. The van der Waals surface area contributed by atoms with Crippen LogP contribution in [0.3, 0.4) is 0 Å². The molecular formula is C21H24N5O3S2+. The average Bonchev–Trinajstić information content (AvgIpc) is 3.11. The summed E-state index contributed by atoms with van der Waals surface area (Å²) < 4.78 is 6.08. The maximum absolute atomic E-state index is 11.2. The number of pyridine rings is 1. The van der Waals surface area contributed by atoms with Crippen molar-refractivity contribution in [2.24, 2.45) is 10.9 Å². The van der Waals surface area contributed by atoms with Gasteiger partial charge >= 0.3 is 0 Å². The molecule has 0 bridgehead atoms. The zero-order chi connectivity index (χ0) is 22.4. The van der Waals surface area contributed by atoms with E-state index < -0.39 is 4.92 Å². The van der Waals surface area contributed by atoms with E-state index in [1.807, 2.05) is 30.6 Å². The van der Waals surface area contributed by atoms with Crippen LogP contribution in [0.4, 0.5) is 5.69 Å². The molecule has 0 spiro atoms. The molecule has 3 rings (SSSR count). The molecule has 1 aliphatic rings. The molecule has 2 aromatic rings. The standard InChI is InChI=1S/C21H23N5O3S2/c1-15(2)19-20(31-18-9-6-8-17(11-18)25(27)28)26(13-24-19,14-29-21(30)22-3)12-16-7-4-5-10-23-16/h4-11,13,15H,12,14H2,1-3H3/p+1. The van der Waals surface area contributed by atoms with Gasteiger partial charge in [0.25, 0.3) is 10.9 Å². The third-order valence-electron chi connectivity index (χ3n) is 4.63. The summed E-state index contributed by atoms with van der Waals surface area (Å²) in [7, 11) is 1.71. The maximum Gasteiger partial charge on any atom is 0.270 e. The Bertz CT molecular complexity index is 1030. The molecule has 1 aliphatic heterocycles. The fraction of sp³-hybridized carbons (Fsp3) is 0.286. The molecule has 8 nitrogen and oxygen atoms in total. The first kappa shape index (κ1) is 22.9. The van der Waals surface area contributed by atoms with Gasteiger partial charge in [-0.15, -0.1) is 0 Å². The number of aliphatic imine (C=N–C) groups is 1. The van der Waals surface area contributed by atoms with Gasteiger partial charge < -0.3 is 10.1 Å². The van der Waals surface area contributed by atoms with Crippen LogP contribution in [0.2, 0.25) is 0 Å². The lowest BCUT2D eigenvalue weighted by atomic mass is 10.1. The first-order valence-electron chi connectivity index (χ1n) is 9.68. The monoisotopic (exact) mass is 458 g/mol. The minimum atomic E-state index is -0.391. The Hall–Kier alpha value is -2.82. The Morgan fingerprint density at radius 3 is 2.77 bits per heavy atom. The Kier molecular flexibility index (Phi) is 7.37. The van der Waals surface area contributed by atoms with E-state index >= 15 is 0 Å². The van der Waals surface area contributed by atoms with Gasteiger partial charge in [-0.05, 0) is 42.2 Å². The second-order valence-electron chi connectivity index (χ2n) is 7.27. The van der Waals surface area contributed by atoms with E-state index in [4.69, 9.17) is 21.9 Å². The Balaban J connectivity index is 2.04. The summed E-state index contributed by atoms with van der Waals surface area (Å²) in [5, 5.41) is 15.3. The highest BCUT2D eigenvalue weighted by Crippen LogP contribution is 2.43. The second kappa shape index (κ2) is 9.99. The minimum Gasteiger partial charge on any atom is -0.419 e. The van der Waals surface area contributed by atoms with E-state index in [0.717, 1.165) is 21.3 Å². The summed E-state index contributed by atoms with van der Waals surface area (Å²) in [6.07, 6.45) is 3.60. The molecule has 10 heteroatoms. The molecule has 1 aromatic heterocycles. The van der Waals surface area contributed by atoms with E-state index in [-0.39, 0.29) is 28.0 Å². The first-order valence-corrected chi connectivity index (χ1v) is 10.9. The number of nitrogens with zero attached hydrogens (tertiary/aromatic N) is 4. The van der Waals surface area contributed by atoms with Gasteiger partial charge in [-0.25, -0.2) is 9.48 Å². The zero-order valence-corrected chi connectivity index (χ0v) is 19.2. The van der Waals surface area contributed by atoms with Crippen LogP contribution in [0.25, 0.3) is 0 Å². The quantitative estimate of drug-likeness (QED) is 0.271. The van der Waals surface area contributed by atoms with Crippen molar-refractivity contribution in [3.05, 3.63) is 75.2 Å². The van der Waals surface area contributed by atoms with Gasteiger partial charge in [0.05, 0.1) is 10.6 Å². The van der Waals surface area contributed by atoms with E-state index in [2.05, 4.69) is 24.1 Å². The summed E-state index contributed by atoms with van der Waals surface area (Å²) in [5.41, 5.74) is 1.83. The first-order chi connectivity index (χ1) is 14.8. The molecule has 1 aromatic carbocycles. The molecule has 0 radical (unpaired) electrons. The lowest BCUT2D eigenvalue weighted by Gasteiger charge is -2.31. The fourth-order valence-electron chi connectivity index (χ4n) is 3.10. The molecular weight excluding hydrogens is 434 g/mol. The summed E-state index contributed by atoms with van der Waals surface area (Å²) >= 11 is 6.65. The number of benzene rings is 1. The Morgan fingerprint density at radius 1 is 1.32 bits per heavy atom. The van der Waals surface area contributed by atoms with Crippen molar-refractivity contribution in [3.63, 3.8) is 0 Å². The number of thiocarbonyl (C=S) groups is 1. The van der Waals surface area contributed by atoms with Gasteiger partial charge in [-0.2, -0.15) is 0 Å². The molecule has 1 atom stereocenters. The van der Waals surface area contributed by atoms with Gasteiger partial charge in [0, 0.05) is 36.2 Å². The summed E-state index contributed by atoms with van der Waals surface area (Å²) in [6, 6.07) is 12.4. The van der Waals surface area contributed by atoms with Crippen LogP contribution in [-0.2, 0) is 11.3 Å². The molecule has 0 aliphatic carbocycles. The van der Waals surface area contributed by atoms with Crippen molar-refractivity contribution in [2.45, 2.75) is 25.3 Å². The molecule has 31 heavy (non-hydrogen) atoms. The largest absolute Gasteiger partial charge is 0.419 e. The zero-order valence-electron chi connectivity index (χ0n) is 17.5. The number of quaternary nitrogens is 1. The number of allylic oxidation sites excluding steroid dienone is 1. The lowest BCUT2D eigenvalue weighted by molar-refractivity contribution is -0.819. The van der Waals surface area contributed by atoms with Crippen molar-refractivity contribution in [2.75, 3.05) is 13.8 Å². The molecule has 1 unspecified atom stereocenters. The highest BCUT2D eigenvalue weighted by Gasteiger charge is 2.42. The topological polar surface area (TPSA) is 89.7 Å². The molecule has 0 saturated heterocycles. The summed E-state index contributed by atoms with van der Waals surface area (Å²) in [6.45, 7) is 4.86. The van der Waals surface area contributed by atoms with Gasteiger partial charge in [-0.1, -0.05) is 26.0 Å². The van der Waals surface area contributed by atoms with E-state index in [9.17, 15) is 10.1 Å². The number of hydrogen-bond acceptors (Lipinski definition) is 7. The van der Waals surface area contributed by atoms with Crippen LogP contribution < -0.4 is 5.32 Å². The molecule has 0 saturated carbocycles. The molecule has 1 N–H and O–H groups in total. The molecule has 0 amide bonds. The molecule has 2 heterocycles. The van der Waals surface area contributed by atoms with Crippen LogP contribution >= 0.6 is 24.0 Å². The Morgan fingerprint density at radius 2 is 2.13 bits per heavy atom. The van der Waals surface area contributed by atoms with Crippen LogP contribution in [-0.4, -0.2) is 39.7 Å². The van der Waals surface area contributed by atoms with E-state index in [1.54, 1.807) is 25.4 Å². The predicted octanol–water partition coefficient (Wildman–Crippen LogP) is 4.44. The Labute approximate surface area is 190 Å². The highest BCUT2D eigenvalue weighted by molar-refractivity contribution is 8.02. The number of nitro groups is 1. The number of hydrogen-bond donors (Lipinski definition) is 1. The van der Waals surface area contributed by atoms with Gasteiger partial charge in [-0.3, -0.25) is 15.1 Å².